The number of benzene rings is 1. The Labute approximate surface area is 151 Å². The predicted octanol–water partition coefficient (Wildman–Crippen LogP) is 2.98. The topological polar surface area (TPSA) is 64.5 Å². The number of hydrogen-bond acceptors (Lipinski definition) is 5. The fourth-order valence-corrected chi connectivity index (χ4v) is 7.83. The van der Waals surface area contributed by atoms with Crippen LogP contribution in [0, 0.1) is 5.41 Å². The first kappa shape index (κ1) is 16.5. The van der Waals surface area contributed by atoms with Crippen LogP contribution in [0.3, 0.4) is 0 Å². The van der Waals surface area contributed by atoms with Gasteiger partial charge >= 0.3 is 0 Å². The molecule has 0 aromatic heterocycles. The van der Waals surface area contributed by atoms with Crippen molar-refractivity contribution in [2.75, 3.05) is 34.4 Å². The average Bonchev–Trinajstić information content (AvgIpc) is 2.98. The number of nitrogens with one attached hydrogen (secondary N) is 1. The summed E-state index contributed by atoms with van der Waals surface area (Å²) in [5, 5.41) is 9.46. The molecule has 0 saturated carbocycles. The van der Waals surface area contributed by atoms with Crippen molar-refractivity contribution in [3.8, 4) is 0 Å². The molecule has 3 aliphatic rings. The number of halogens is 1. The Morgan fingerprint density at radius 1 is 1.12 bits per heavy atom. The summed E-state index contributed by atoms with van der Waals surface area (Å²) >= 11 is 7.62. The fourth-order valence-electron chi connectivity index (χ4n) is 3.88. The van der Waals surface area contributed by atoms with Crippen LogP contribution in [0.4, 0.5) is 11.4 Å². The number of piperidine rings is 1. The lowest BCUT2D eigenvalue weighted by Crippen LogP contribution is -2.39. The van der Waals surface area contributed by atoms with Crippen LogP contribution in [0.5, 0.6) is 0 Å². The van der Waals surface area contributed by atoms with E-state index >= 15 is 0 Å². The molecule has 0 radical (unpaired) electrons. The highest BCUT2D eigenvalue weighted by Gasteiger charge is 2.49. The van der Waals surface area contributed by atoms with Crippen LogP contribution in [-0.4, -0.2) is 49.5 Å². The van der Waals surface area contributed by atoms with Crippen LogP contribution in [0.1, 0.15) is 19.3 Å². The second-order valence-corrected chi connectivity index (χ2v) is 10.5. The Morgan fingerprint density at radius 3 is 2.62 bits per heavy atom. The predicted molar refractivity (Wildman–Crippen MR) is 102 cm³/mol. The maximum atomic E-state index is 12.0. The standard InChI is InChI=1S/C16H20ClN3O2S2/c17-11-4-5-12(13(8-11)19-6-2-1-3-7-19)20-14-9-24(21,22)10-15(14)23-16(20)18/h4-5,8,14-15,18H,1-3,6-7,9-10H2/t14-,15-/m1/s1. The highest BCUT2D eigenvalue weighted by atomic mass is 35.5. The minimum absolute atomic E-state index is 0.0348. The van der Waals surface area contributed by atoms with Gasteiger partial charge in [0.05, 0.1) is 28.9 Å². The molecule has 0 amide bonds. The summed E-state index contributed by atoms with van der Waals surface area (Å²) in [5.41, 5.74) is 1.95. The summed E-state index contributed by atoms with van der Waals surface area (Å²) in [7, 11) is -3.01. The van der Waals surface area contributed by atoms with Gasteiger partial charge in [0.15, 0.2) is 15.0 Å². The summed E-state index contributed by atoms with van der Waals surface area (Å²) in [5.74, 6) is 0.308. The van der Waals surface area contributed by atoms with Crippen molar-refractivity contribution < 1.29 is 8.42 Å². The quantitative estimate of drug-likeness (QED) is 0.847. The number of hydrogen-bond donors (Lipinski definition) is 1. The SMILES string of the molecule is N=C1S[C@@H]2CS(=O)(=O)C[C@H]2N1c1ccc(Cl)cc1N1CCCCC1. The first-order valence-corrected chi connectivity index (χ1v) is 11.3. The van der Waals surface area contributed by atoms with Gasteiger partial charge in [-0.05, 0) is 37.5 Å². The molecule has 8 heteroatoms. The number of rotatable bonds is 2. The number of sulfone groups is 1. The van der Waals surface area contributed by atoms with Crippen molar-refractivity contribution in [1.29, 1.82) is 5.41 Å². The minimum Gasteiger partial charge on any atom is -0.370 e. The number of fused-ring (bicyclic) bond motifs is 1. The highest BCUT2D eigenvalue weighted by molar-refractivity contribution is 8.15. The lowest BCUT2D eigenvalue weighted by Gasteiger charge is -2.34. The number of nitrogens with zero attached hydrogens (tertiary/aromatic N) is 2. The molecule has 1 aromatic rings. The molecule has 24 heavy (non-hydrogen) atoms. The second-order valence-electron chi connectivity index (χ2n) is 6.66. The van der Waals surface area contributed by atoms with Crippen molar-refractivity contribution in [1.82, 2.24) is 0 Å². The Morgan fingerprint density at radius 2 is 1.88 bits per heavy atom. The normalized spacial score (nSPS) is 29.1. The monoisotopic (exact) mass is 385 g/mol. The van der Waals surface area contributed by atoms with Gasteiger partial charge in [0.1, 0.15) is 0 Å². The van der Waals surface area contributed by atoms with Gasteiger partial charge in [-0.2, -0.15) is 0 Å². The van der Waals surface area contributed by atoms with Crippen molar-refractivity contribution >= 4 is 49.7 Å². The molecule has 1 aromatic carbocycles. The molecular weight excluding hydrogens is 366 g/mol. The number of thioether (sulfide) groups is 1. The maximum absolute atomic E-state index is 12.0. The first-order valence-electron chi connectivity index (χ1n) is 8.24. The van der Waals surface area contributed by atoms with Crippen molar-refractivity contribution in [2.24, 2.45) is 0 Å². The van der Waals surface area contributed by atoms with Crippen LogP contribution in [0.2, 0.25) is 5.02 Å². The van der Waals surface area contributed by atoms with Gasteiger partial charge in [-0.25, -0.2) is 8.42 Å². The van der Waals surface area contributed by atoms with Crippen molar-refractivity contribution in [3.63, 3.8) is 0 Å². The number of amidine groups is 1. The number of anilines is 2. The third-order valence-electron chi connectivity index (χ3n) is 4.98. The van der Waals surface area contributed by atoms with Gasteiger partial charge in [-0.15, -0.1) is 0 Å². The van der Waals surface area contributed by atoms with Gasteiger partial charge in [0.25, 0.3) is 0 Å². The van der Waals surface area contributed by atoms with Crippen LogP contribution in [0.25, 0.3) is 0 Å². The van der Waals surface area contributed by atoms with E-state index in [4.69, 9.17) is 17.0 Å². The van der Waals surface area contributed by atoms with Gasteiger partial charge in [-0.3, -0.25) is 5.41 Å². The Hall–Kier alpha value is -0.920. The molecular formula is C16H20ClN3O2S2. The van der Waals surface area contributed by atoms with Crippen LogP contribution in [-0.2, 0) is 9.84 Å². The molecule has 0 unspecified atom stereocenters. The Kier molecular flexibility index (Phi) is 4.21. The molecule has 0 bridgehead atoms. The van der Waals surface area contributed by atoms with Crippen LogP contribution >= 0.6 is 23.4 Å². The molecule has 3 saturated heterocycles. The third kappa shape index (κ3) is 2.91. The van der Waals surface area contributed by atoms with Gasteiger partial charge in [-0.1, -0.05) is 23.4 Å². The van der Waals surface area contributed by atoms with Gasteiger partial charge < -0.3 is 9.80 Å². The molecule has 4 rings (SSSR count). The van der Waals surface area contributed by atoms with E-state index in [1.54, 1.807) is 0 Å². The lowest BCUT2D eigenvalue weighted by molar-refractivity contribution is 0.577. The summed E-state index contributed by atoms with van der Waals surface area (Å²) in [6.07, 6.45) is 3.54. The fraction of sp³-hybridized carbons (Fsp3) is 0.562. The van der Waals surface area contributed by atoms with E-state index in [1.165, 1.54) is 18.2 Å². The molecule has 3 aliphatic heterocycles. The second kappa shape index (κ2) is 6.11. The zero-order valence-electron chi connectivity index (χ0n) is 13.2. The van der Waals surface area contributed by atoms with Crippen LogP contribution < -0.4 is 9.80 Å². The van der Waals surface area contributed by atoms with Gasteiger partial charge in [0, 0.05) is 23.4 Å². The summed E-state index contributed by atoms with van der Waals surface area (Å²) in [6, 6.07) is 5.59. The van der Waals surface area contributed by atoms with E-state index in [1.807, 2.05) is 23.1 Å². The molecule has 1 N–H and O–H groups in total. The molecule has 3 fully saturated rings. The van der Waals surface area contributed by atoms with Crippen LogP contribution in [0.15, 0.2) is 18.2 Å². The zero-order chi connectivity index (χ0) is 16.9. The molecule has 130 valence electrons. The largest absolute Gasteiger partial charge is 0.370 e. The summed E-state index contributed by atoms with van der Waals surface area (Å²) < 4.78 is 24.1. The maximum Gasteiger partial charge on any atom is 0.161 e. The van der Waals surface area contributed by atoms with E-state index in [9.17, 15) is 8.42 Å². The molecule has 0 aliphatic carbocycles. The summed E-state index contributed by atoms with van der Waals surface area (Å²) in [6.45, 7) is 1.96. The van der Waals surface area contributed by atoms with Crippen molar-refractivity contribution in [2.45, 2.75) is 30.6 Å². The van der Waals surface area contributed by atoms with Crippen molar-refractivity contribution in [3.05, 3.63) is 23.2 Å². The molecule has 0 spiro atoms. The summed E-state index contributed by atoms with van der Waals surface area (Å²) in [4.78, 5) is 4.24. The molecule has 3 heterocycles. The lowest BCUT2D eigenvalue weighted by atomic mass is 10.1. The molecule has 2 atom stereocenters. The van der Waals surface area contributed by atoms with E-state index in [-0.39, 0.29) is 22.8 Å². The smallest absolute Gasteiger partial charge is 0.161 e. The van der Waals surface area contributed by atoms with E-state index < -0.39 is 9.84 Å². The van der Waals surface area contributed by atoms with E-state index in [0.29, 0.717) is 10.2 Å². The van der Waals surface area contributed by atoms with E-state index in [0.717, 1.165) is 37.3 Å². The Balaban J connectivity index is 1.74. The molecule has 5 nitrogen and oxygen atoms in total. The average molecular weight is 386 g/mol. The third-order valence-corrected chi connectivity index (χ3v) is 8.35. The minimum atomic E-state index is -3.01. The Bertz CT molecular complexity index is 778. The van der Waals surface area contributed by atoms with Gasteiger partial charge in [0.2, 0.25) is 0 Å². The zero-order valence-corrected chi connectivity index (χ0v) is 15.6. The highest BCUT2D eigenvalue weighted by Crippen LogP contribution is 2.44. The first-order chi connectivity index (χ1) is 11.4. The van der Waals surface area contributed by atoms with E-state index in [2.05, 4.69) is 4.90 Å².